The van der Waals surface area contributed by atoms with E-state index in [9.17, 15) is 0 Å². The Kier molecular flexibility index (Phi) is 3.29. The minimum Gasteiger partial charge on any atom is -0.478 e. The van der Waals surface area contributed by atoms with Gasteiger partial charge in [-0.2, -0.15) is 0 Å². The van der Waals surface area contributed by atoms with Crippen LogP contribution in [0.3, 0.4) is 0 Å². The predicted octanol–water partition coefficient (Wildman–Crippen LogP) is 4.52. The van der Waals surface area contributed by atoms with Crippen molar-refractivity contribution < 1.29 is 4.74 Å². The second kappa shape index (κ2) is 5.23. The van der Waals surface area contributed by atoms with Gasteiger partial charge in [0.15, 0.2) is 5.90 Å². The fourth-order valence-electron chi connectivity index (χ4n) is 4.00. The fraction of sp³-hybridized carbons (Fsp3) is 0.381. The largest absolute Gasteiger partial charge is 0.478 e. The summed E-state index contributed by atoms with van der Waals surface area (Å²) in [6.45, 7) is 4.96. The van der Waals surface area contributed by atoms with E-state index in [-0.39, 0.29) is 11.0 Å². The van der Waals surface area contributed by atoms with E-state index < -0.39 is 0 Å². The molecule has 0 aromatic heterocycles. The van der Waals surface area contributed by atoms with Crippen LogP contribution in [0.5, 0.6) is 0 Å². The van der Waals surface area contributed by atoms with Crippen molar-refractivity contribution in [1.29, 1.82) is 0 Å². The summed E-state index contributed by atoms with van der Waals surface area (Å²) in [5.74, 6) is 0.904. The Morgan fingerprint density at radius 2 is 1.70 bits per heavy atom. The zero-order valence-corrected chi connectivity index (χ0v) is 13.9. The van der Waals surface area contributed by atoms with Gasteiger partial charge in [-0.3, -0.25) is 0 Å². The summed E-state index contributed by atoms with van der Waals surface area (Å²) < 4.78 is 6.17. The first kappa shape index (κ1) is 14.5. The van der Waals surface area contributed by atoms with Crippen molar-refractivity contribution in [3.63, 3.8) is 0 Å². The van der Waals surface area contributed by atoms with Crippen molar-refractivity contribution in [2.24, 2.45) is 4.99 Å². The molecule has 2 aromatic carbocycles. The fourth-order valence-corrected chi connectivity index (χ4v) is 4.00. The van der Waals surface area contributed by atoms with Gasteiger partial charge in [0.2, 0.25) is 0 Å². The van der Waals surface area contributed by atoms with E-state index in [0.29, 0.717) is 6.61 Å². The highest BCUT2D eigenvalue weighted by molar-refractivity contribution is 5.94. The van der Waals surface area contributed by atoms with Gasteiger partial charge in [0.1, 0.15) is 6.61 Å². The van der Waals surface area contributed by atoms with Gasteiger partial charge in [0.05, 0.1) is 11.0 Å². The van der Waals surface area contributed by atoms with Crippen molar-refractivity contribution in [2.75, 3.05) is 6.61 Å². The topological polar surface area (TPSA) is 21.6 Å². The lowest BCUT2D eigenvalue weighted by Gasteiger charge is -2.39. The standard InChI is InChI=1S/C21H23NO/c1-20(2)15-23-19(22-20)21(17-11-4-3-5-12-17)14-8-10-16-9-6-7-13-18(16)21/h3-7,9,11-13H,8,10,14-15H2,1-2H3/t21-/m1/s1. The number of ether oxygens (including phenoxy) is 1. The molecule has 2 nitrogen and oxygen atoms in total. The van der Waals surface area contributed by atoms with Crippen LogP contribution in [-0.2, 0) is 16.6 Å². The van der Waals surface area contributed by atoms with E-state index in [1.54, 1.807) is 0 Å². The van der Waals surface area contributed by atoms with Gasteiger partial charge < -0.3 is 4.74 Å². The summed E-state index contributed by atoms with van der Waals surface area (Å²) in [4.78, 5) is 4.99. The third-order valence-corrected chi connectivity index (χ3v) is 5.07. The Balaban J connectivity index is 1.98. The molecule has 0 fully saturated rings. The van der Waals surface area contributed by atoms with Crippen LogP contribution in [0, 0.1) is 0 Å². The smallest absolute Gasteiger partial charge is 0.199 e. The lowest BCUT2D eigenvalue weighted by atomic mass is 9.65. The van der Waals surface area contributed by atoms with Crippen LogP contribution in [-0.4, -0.2) is 18.0 Å². The first-order valence-corrected chi connectivity index (χ1v) is 8.49. The molecule has 1 aliphatic carbocycles. The van der Waals surface area contributed by atoms with Gasteiger partial charge in [0, 0.05) is 0 Å². The average Bonchev–Trinajstić information content (AvgIpc) is 2.95. The number of hydrogen-bond acceptors (Lipinski definition) is 2. The quantitative estimate of drug-likeness (QED) is 0.799. The highest BCUT2D eigenvalue weighted by Crippen LogP contribution is 2.46. The average molecular weight is 305 g/mol. The summed E-state index contributed by atoms with van der Waals surface area (Å²) in [6.07, 6.45) is 3.36. The van der Waals surface area contributed by atoms with Crippen molar-refractivity contribution >= 4 is 5.90 Å². The third-order valence-electron chi connectivity index (χ3n) is 5.07. The summed E-state index contributed by atoms with van der Waals surface area (Å²) in [5.41, 5.74) is 3.73. The van der Waals surface area contributed by atoms with Gasteiger partial charge in [0.25, 0.3) is 0 Å². The summed E-state index contributed by atoms with van der Waals surface area (Å²) in [7, 11) is 0. The molecule has 2 aliphatic rings. The van der Waals surface area contributed by atoms with Crippen LogP contribution >= 0.6 is 0 Å². The minimum absolute atomic E-state index is 0.135. The maximum atomic E-state index is 6.17. The molecular formula is C21H23NO. The molecular weight excluding hydrogens is 282 g/mol. The van der Waals surface area contributed by atoms with E-state index >= 15 is 0 Å². The number of nitrogens with zero attached hydrogens (tertiary/aromatic N) is 1. The number of fused-ring (bicyclic) bond motifs is 1. The Morgan fingerprint density at radius 3 is 2.43 bits per heavy atom. The SMILES string of the molecule is CC1(C)COC([C@@]2(c3ccccc3)CCCc3ccccc32)=N1. The van der Waals surface area contributed by atoms with E-state index in [1.807, 2.05) is 0 Å². The van der Waals surface area contributed by atoms with Gasteiger partial charge in [-0.15, -0.1) is 0 Å². The monoisotopic (exact) mass is 305 g/mol. The maximum Gasteiger partial charge on any atom is 0.199 e. The second-order valence-corrected chi connectivity index (χ2v) is 7.30. The lowest BCUT2D eigenvalue weighted by Crippen LogP contribution is -2.40. The van der Waals surface area contributed by atoms with Crippen molar-refractivity contribution in [1.82, 2.24) is 0 Å². The van der Waals surface area contributed by atoms with E-state index in [0.717, 1.165) is 25.2 Å². The number of rotatable bonds is 2. The van der Waals surface area contributed by atoms with Gasteiger partial charge in [-0.25, -0.2) is 4.99 Å². The number of benzene rings is 2. The van der Waals surface area contributed by atoms with Crippen LogP contribution in [0.25, 0.3) is 0 Å². The molecule has 1 atom stereocenters. The molecule has 23 heavy (non-hydrogen) atoms. The lowest BCUT2D eigenvalue weighted by molar-refractivity contribution is 0.259. The minimum atomic E-state index is -0.232. The molecule has 1 aliphatic heterocycles. The zero-order valence-electron chi connectivity index (χ0n) is 13.9. The Bertz CT molecular complexity index is 747. The van der Waals surface area contributed by atoms with Crippen LogP contribution in [0.1, 0.15) is 43.4 Å². The summed E-state index contributed by atoms with van der Waals surface area (Å²) in [5, 5.41) is 0. The van der Waals surface area contributed by atoms with E-state index in [4.69, 9.17) is 9.73 Å². The van der Waals surface area contributed by atoms with E-state index in [1.165, 1.54) is 16.7 Å². The molecule has 0 spiro atoms. The first-order valence-electron chi connectivity index (χ1n) is 8.49. The number of aryl methyl sites for hydroxylation is 1. The molecule has 0 radical (unpaired) electrons. The molecule has 2 aromatic rings. The summed E-state index contributed by atoms with van der Waals surface area (Å²) in [6, 6.07) is 19.6. The van der Waals surface area contributed by atoms with Crippen LogP contribution in [0.4, 0.5) is 0 Å². The van der Waals surface area contributed by atoms with Gasteiger partial charge in [-0.05, 0) is 49.8 Å². The van der Waals surface area contributed by atoms with Crippen LogP contribution < -0.4 is 0 Å². The zero-order chi connectivity index (χ0) is 15.9. The highest BCUT2D eigenvalue weighted by atomic mass is 16.5. The van der Waals surface area contributed by atoms with Crippen LogP contribution in [0.2, 0.25) is 0 Å². The molecule has 0 bridgehead atoms. The molecule has 1 heterocycles. The van der Waals surface area contributed by atoms with Crippen molar-refractivity contribution in [3.05, 3.63) is 71.3 Å². The van der Waals surface area contributed by atoms with Crippen molar-refractivity contribution in [2.45, 2.75) is 44.1 Å². The molecule has 4 rings (SSSR count). The molecule has 2 heteroatoms. The third kappa shape index (κ3) is 2.28. The number of hydrogen-bond donors (Lipinski definition) is 0. The highest BCUT2D eigenvalue weighted by Gasteiger charge is 2.47. The summed E-state index contributed by atoms with van der Waals surface area (Å²) >= 11 is 0. The molecule has 0 N–H and O–H groups in total. The van der Waals surface area contributed by atoms with Crippen molar-refractivity contribution in [3.8, 4) is 0 Å². The van der Waals surface area contributed by atoms with E-state index in [2.05, 4.69) is 68.4 Å². The molecule has 0 saturated heterocycles. The molecule has 0 amide bonds. The Morgan fingerprint density at radius 1 is 0.957 bits per heavy atom. The Labute approximate surface area is 138 Å². The van der Waals surface area contributed by atoms with Gasteiger partial charge >= 0.3 is 0 Å². The predicted molar refractivity (Wildman–Crippen MR) is 94.1 cm³/mol. The second-order valence-electron chi connectivity index (χ2n) is 7.30. The molecule has 0 saturated carbocycles. The first-order chi connectivity index (χ1) is 11.1. The molecule has 0 unspecified atom stereocenters. The maximum absolute atomic E-state index is 6.17. The van der Waals surface area contributed by atoms with Gasteiger partial charge in [-0.1, -0.05) is 54.6 Å². The molecule has 118 valence electrons. The number of aliphatic imine (C=N–C) groups is 1. The normalized spacial score (nSPS) is 25.4. The van der Waals surface area contributed by atoms with Crippen LogP contribution in [0.15, 0.2) is 59.6 Å². The Hall–Kier alpha value is -2.09.